The molecule has 0 radical (unpaired) electrons. The van der Waals surface area contributed by atoms with Gasteiger partial charge < -0.3 is 15.2 Å². The molecule has 6 heteroatoms. The number of para-hydroxylation sites is 2. The second-order valence-electron chi connectivity index (χ2n) is 6.00. The van der Waals surface area contributed by atoms with Crippen LogP contribution >= 0.6 is 0 Å². The Labute approximate surface area is 135 Å². The molecule has 1 saturated carbocycles. The molecule has 1 aliphatic carbocycles. The molecular weight excluding hydrogens is 292 g/mol. The number of hydrogen-bond acceptors (Lipinski definition) is 3. The molecule has 1 fully saturated rings. The third-order valence-corrected chi connectivity index (χ3v) is 4.05. The van der Waals surface area contributed by atoms with Crippen LogP contribution in [0, 0.1) is 0 Å². The summed E-state index contributed by atoms with van der Waals surface area (Å²) in [5, 5.41) is 5.46. The van der Waals surface area contributed by atoms with E-state index in [1.165, 1.54) is 0 Å². The van der Waals surface area contributed by atoms with E-state index in [2.05, 4.69) is 15.6 Å². The Bertz CT molecular complexity index is 733. The highest BCUT2D eigenvalue weighted by atomic mass is 16.2. The van der Waals surface area contributed by atoms with Crippen LogP contribution in [0.1, 0.15) is 38.4 Å². The monoisotopic (exact) mass is 314 g/mol. The van der Waals surface area contributed by atoms with Gasteiger partial charge in [-0.15, -0.1) is 0 Å². The van der Waals surface area contributed by atoms with Crippen molar-refractivity contribution in [1.82, 2.24) is 20.2 Å². The van der Waals surface area contributed by atoms with E-state index >= 15 is 0 Å². The van der Waals surface area contributed by atoms with Crippen molar-refractivity contribution < 1.29 is 9.59 Å². The standard InChI is InChI=1S/C17H22N4O2/c1-3-18-17(23)11(2)19-15(22)10-21-14-7-5-4-6-13(14)20-16(21)12-8-9-12/h4-7,11-12H,3,8-10H2,1-2H3,(H,18,23)(H,19,22)/t11-/m1/s1. The lowest BCUT2D eigenvalue weighted by molar-refractivity contribution is -0.128. The summed E-state index contributed by atoms with van der Waals surface area (Å²) in [6.07, 6.45) is 2.25. The molecule has 2 aromatic rings. The Balaban J connectivity index is 1.77. The highest BCUT2D eigenvalue weighted by Gasteiger charge is 2.30. The molecule has 2 amide bonds. The molecular formula is C17H22N4O2. The summed E-state index contributed by atoms with van der Waals surface area (Å²) in [5.41, 5.74) is 1.88. The van der Waals surface area contributed by atoms with Gasteiger partial charge in [0.2, 0.25) is 11.8 Å². The van der Waals surface area contributed by atoms with Gasteiger partial charge >= 0.3 is 0 Å². The van der Waals surface area contributed by atoms with Crippen LogP contribution in [0.4, 0.5) is 0 Å². The Morgan fingerprint density at radius 1 is 1.35 bits per heavy atom. The summed E-state index contributed by atoms with van der Waals surface area (Å²) in [7, 11) is 0. The number of aromatic nitrogens is 2. The van der Waals surface area contributed by atoms with Gasteiger partial charge in [0.25, 0.3) is 0 Å². The molecule has 1 heterocycles. The average molecular weight is 314 g/mol. The van der Waals surface area contributed by atoms with E-state index < -0.39 is 6.04 Å². The maximum atomic E-state index is 12.3. The quantitative estimate of drug-likeness (QED) is 0.849. The highest BCUT2D eigenvalue weighted by molar-refractivity contribution is 5.88. The first kappa shape index (κ1) is 15.5. The number of benzene rings is 1. The molecule has 3 rings (SSSR count). The summed E-state index contributed by atoms with van der Waals surface area (Å²) >= 11 is 0. The third kappa shape index (κ3) is 3.36. The first-order valence-corrected chi connectivity index (χ1v) is 8.12. The van der Waals surface area contributed by atoms with E-state index in [1.807, 2.05) is 35.8 Å². The van der Waals surface area contributed by atoms with Gasteiger partial charge in [0.05, 0.1) is 11.0 Å². The molecule has 0 saturated heterocycles. The Kier molecular flexibility index (Phi) is 4.32. The number of carbonyl (C=O) groups is 2. The lowest BCUT2D eigenvalue weighted by Gasteiger charge is -2.14. The zero-order valence-electron chi connectivity index (χ0n) is 13.5. The zero-order valence-corrected chi connectivity index (χ0v) is 13.5. The molecule has 122 valence electrons. The minimum absolute atomic E-state index is 0.168. The summed E-state index contributed by atoms with van der Waals surface area (Å²) in [4.78, 5) is 28.7. The smallest absolute Gasteiger partial charge is 0.242 e. The summed E-state index contributed by atoms with van der Waals surface area (Å²) in [6.45, 7) is 4.29. The molecule has 1 aromatic carbocycles. The number of imidazole rings is 1. The van der Waals surface area contributed by atoms with Crippen molar-refractivity contribution in [1.29, 1.82) is 0 Å². The van der Waals surface area contributed by atoms with Crippen molar-refractivity contribution in [3.63, 3.8) is 0 Å². The van der Waals surface area contributed by atoms with Crippen LogP contribution in [0.15, 0.2) is 24.3 Å². The van der Waals surface area contributed by atoms with Gasteiger partial charge in [-0.05, 0) is 38.8 Å². The number of rotatable bonds is 6. The summed E-state index contributed by atoms with van der Waals surface area (Å²) in [5.74, 6) is 1.09. The largest absolute Gasteiger partial charge is 0.355 e. The fraction of sp³-hybridized carbons (Fsp3) is 0.471. The van der Waals surface area contributed by atoms with Crippen LogP contribution in [0.3, 0.4) is 0 Å². The van der Waals surface area contributed by atoms with E-state index in [4.69, 9.17) is 0 Å². The molecule has 1 aliphatic rings. The van der Waals surface area contributed by atoms with Gasteiger partial charge in [0.15, 0.2) is 0 Å². The Morgan fingerprint density at radius 2 is 2.09 bits per heavy atom. The van der Waals surface area contributed by atoms with E-state index in [0.717, 1.165) is 29.7 Å². The Morgan fingerprint density at radius 3 is 2.78 bits per heavy atom. The number of nitrogens with zero attached hydrogens (tertiary/aromatic N) is 2. The number of likely N-dealkylation sites (N-methyl/N-ethyl adjacent to an activating group) is 1. The molecule has 0 bridgehead atoms. The van der Waals surface area contributed by atoms with Crippen LogP contribution in [0.5, 0.6) is 0 Å². The van der Waals surface area contributed by atoms with Crippen molar-refractivity contribution in [2.24, 2.45) is 0 Å². The molecule has 23 heavy (non-hydrogen) atoms. The minimum atomic E-state index is -0.540. The first-order valence-electron chi connectivity index (χ1n) is 8.12. The highest BCUT2D eigenvalue weighted by Crippen LogP contribution is 2.40. The summed E-state index contributed by atoms with van der Waals surface area (Å²) in [6, 6.07) is 7.31. The van der Waals surface area contributed by atoms with Gasteiger partial charge in [-0.25, -0.2) is 4.98 Å². The van der Waals surface area contributed by atoms with Gasteiger partial charge in [0, 0.05) is 12.5 Å². The SMILES string of the molecule is CCNC(=O)[C@@H](C)NC(=O)Cn1c(C2CC2)nc2ccccc21. The normalized spacial score (nSPS) is 15.4. The number of amides is 2. The molecule has 0 unspecified atom stereocenters. The lowest BCUT2D eigenvalue weighted by Crippen LogP contribution is -2.45. The predicted octanol–water partition coefficient (Wildman–Crippen LogP) is 1.55. The van der Waals surface area contributed by atoms with Gasteiger partial charge in [-0.2, -0.15) is 0 Å². The second kappa shape index (κ2) is 6.40. The van der Waals surface area contributed by atoms with Gasteiger partial charge in [-0.3, -0.25) is 9.59 Å². The van der Waals surface area contributed by atoms with E-state index in [0.29, 0.717) is 12.5 Å². The molecule has 1 aromatic heterocycles. The van der Waals surface area contributed by atoms with Gasteiger partial charge in [-0.1, -0.05) is 12.1 Å². The molecule has 0 spiro atoms. The predicted molar refractivity (Wildman–Crippen MR) is 88.0 cm³/mol. The summed E-state index contributed by atoms with van der Waals surface area (Å²) < 4.78 is 1.98. The number of carbonyl (C=O) groups excluding carboxylic acids is 2. The first-order chi connectivity index (χ1) is 11.1. The fourth-order valence-corrected chi connectivity index (χ4v) is 2.74. The van der Waals surface area contributed by atoms with E-state index in [9.17, 15) is 9.59 Å². The number of nitrogens with one attached hydrogen (secondary N) is 2. The lowest BCUT2D eigenvalue weighted by atomic mass is 10.3. The van der Waals surface area contributed by atoms with Crippen LogP contribution in [-0.2, 0) is 16.1 Å². The molecule has 2 N–H and O–H groups in total. The number of fused-ring (bicyclic) bond motifs is 1. The topological polar surface area (TPSA) is 76.0 Å². The van der Waals surface area contributed by atoms with Crippen molar-refractivity contribution in [3.05, 3.63) is 30.1 Å². The van der Waals surface area contributed by atoms with Gasteiger partial charge in [0.1, 0.15) is 18.4 Å². The average Bonchev–Trinajstić information content (AvgIpc) is 3.31. The maximum Gasteiger partial charge on any atom is 0.242 e. The van der Waals surface area contributed by atoms with Crippen LogP contribution < -0.4 is 10.6 Å². The van der Waals surface area contributed by atoms with E-state index in [-0.39, 0.29) is 18.4 Å². The molecule has 6 nitrogen and oxygen atoms in total. The van der Waals surface area contributed by atoms with Crippen LogP contribution in [0.25, 0.3) is 11.0 Å². The van der Waals surface area contributed by atoms with Crippen LogP contribution in [-0.4, -0.2) is 34.0 Å². The fourth-order valence-electron chi connectivity index (χ4n) is 2.74. The zero-order chi connectivity index (χ0) is 16.4. The van der Waals surface area contributed by atoms with Crippen molar-refractivity contribution >= 4 is 22.8 Å². The molecule has 1 atom stereocenters. The van der Waals surface area contributed by atoms with Crippen molar-refractivity contribution in [3.8, 4) is 0 Å². The van der Waals surface area contributed by atoms with Crippen molar-refractivity contribution in [2.75, 3.05) is 6.54 Å². The maximum absolute atomic E-state index is 12.3. The number of hydrogen-bond donors (Lipinski definition) is 2. The third-order valence-electron chi connectivity index (χ3n) is 4.05. The second-order valence-corrected chi connectivity index (χ2v) is 6.00. The minimum Gasteiger partial charge on any atom is -0.355 e. The Hall–Kier alpha value is -2.37. The van der Waals surface area contributed by atoms with Crippen molar-refractivity contribution in [2.45, 2.75) is 45.2 Å². The van der Waals surface area contributed by atoms with Crippen LogP contribution in [0.2, 0.25) is 0 Å². The molecule has 0 aliphatic heterocycles. The van der Waals surface area contributed by atoms with E-state index in [1.54, 1.807) is 6.92 Å².